The first-order valence-electron chi connectivity index (χ1n) is 8.73. The van der Waals surface area contributed by atoms with Crippen molar-refractivity contribution >= 4 is 11.6 Å². The fraction of sp³-hybridized carbons (Fsp3) is 0.421. The van der Waals surface area contributed by atoms with Gasteiger partial charge in [-0.25, -0.2) is 0 Å². The number of benzene rings is 1. The van der Waals surface area contributed by atoms with E-state index in [0.717, 1.165) is 36.2 Å². The number of rotatable bonds is 3. The summed E-state index contributed by atoms with van der Waals surface area (Å²) < 4.78 is 1.75. The van der Waals surface area contributed by atoms with Gasteiger partial charge in [-0.15, -0.1) is 0 Å². The van der Waals surface area contributed by atoms with Gasteiger partial charge in [0, 0.05) is 25.2 Å². The minimum absolute atomic E-state index is 0.0604. The number of aromatic nitrogens is 2. The highest BCUT2D eigenvalue weighted by Crippen LogP contribution is 2.30. The van der Waals surface area contributed by atoms with Crippen molar-refractivity contribution in [3.63, 3.8) is 0 Å². The van der Waals surface area contributed by atoms with Crippen LogP contribution in [0.2, 0.25) is 0 Å². The van der Waals surface area contributed by atoms with Crippen LogP contribution in [0.5, 0.6) is 0 Å². The Morgan fingerprint density at radius 1 is 1.36 bits per heavy atom. The molecule has 0 saturated carbocycles. The van der Waals surface area contributed by atoms with Crippen LogP contribution in [0.3, 0.4) is 0 Å². The van der Waals surface area contributed by atoms with Crippen LogP contribution in [0, 0.1) is 6.92 Å². The summed E-state index contributed by atoms with van der Waals surface area (Å²) in [6.45, 7) is 1.93. The van der Waals surface area contributed by atoms with Crippen LogP contribution in [0.15, 0.2) is 35.6 Å². The second-order valence-electron chi connectivity index (χ2n) is 6.79. The van der Waals surface area contributed by atoms with Gasteiger partial charge in [-0.1, -0.05) is 29.4 Å². The van der Waals surface area contributed by atoms with E-state index in [0.29, 0.717) is 6.42 Å². The summed E-state index contributed by atoms with van der Waals surface area (Å²) in [6.07, 6.45) is 4.95. The summed E-state index contributed by atoms with van der Waals surface area (Å²) in [5.41, 5.74) is 5.18. The summed E-state index contributed by atoms with van der Waals surface area (Å²) in [7, 11) is 1.87. The molecule has 1 N–H and O–H groups in total. The second-order valence-corrected chi connectivity index (χ2v) is 6.79. The average molecular weight is 338 g/mol. The SMILES string of the molecule is Cc1nn(C)cc1C1=NOC(C(=O)N[C@H]2CCCc3ccccc32)C1. The van der Waals surface area contributed by atoms with Crippen LogP contribution >= 0.6 is 0 Å². The number of carbonyl (C=O) groups is 1. The molecule has 2 aromatic rings. The zero-order valence-corrected chi connectivity index (χ0v) is 14.5. The van der Waals surface area contributed by atoms with Crippen molar-refractivity contribution in [2.24, 2.45) is 12.2 Å². The number of aryl methyl sites for hydroxylation is 3. The Morgan fingerprint density at radius 3 is 3.00 bits per heavy atom. The highest BCUT2D eigenvalue weighted by molar-refractivity contribution is 6.04. The predicted molar refractivity (Wildman–Crippen MR) is 94.2 cm³/mol. The average Bonchev–Trinajstić information content (AvgIpc) is 3.21. The van der Waals surface area contributed by atoms with Crippen LogP contribution in [-0.2, 0) is 23.1 Å². The van der Waals surface area contributed by atoms with E-state index in [-0.39, 0.29) is 11.9 Å². The third-order valence-electron chi connectivity index (χ3n) is 4.97. The minimum atomic E-state index is -0.566. The number of nitrogens with zero attached hydrogens (tertiary/aromatic N) is 3. The van der Waals surface area contributed by atoms with Gasteiger partial charge in [-0.3, -0.25) is 9.48 Å². The number of oxime groups is 1. The van der Waals surface area contributed by atoms with Crippen LogP contribution in [0.25, 0.3) is 0 Å². The zero-order chi connectivity index (χ0) is 17.4. The first-order valence-corrected chi connectivity index (χ1v) is 8.73. The molecule has 0 spiro atoms. The molecule has 25 heavy (non-hydrogen) atoms. The normalized spacial score (nSPS) is 22.1. The molecule has 0 fully saturated rings. The summed E-state index contributed by atoms with van der Waals surface area (Å²) in [6, 6.07) is 8.40. The molecule has 6 heteroatoms. The lowest BCUT2D eigenvalue weighted by Gasteiger charge is -2.27. The third kappa shape index (κ3) is 3.04. The quantitative estimate of drug-likeness (QED) is 0.934. The van der Waals surface area contributed by atoms with E-state index in [1.165, 1.54) is 11.1 Å². The van der Waals surface area contributed by atoms with Crippen LogP contribution in [-0.4, -0.2) is 27.5 Å². The molecule has 4 rings (SSSR count). The van der Waals surface area contributed by atoms with E-state index in [1.54, 1.807) is 4.68 Å². The molecule has 2 aliphatic rings. The second kappa shape index (κ2) is 6.35. The van der Waals surface area contributed by atoms with Crippen molar-refractivity contribution in [1.82, 2.24) is 15.1 Å². The number of carbonyl (C=O) groups excluding carboxylic acids is 1. The Labute approximate surface area is 146 Å². The van der Waals surface area contributed by atoms with Crippen molar-refractivity contribution < 1.29 is 9.63 Å². The summed E-state index contributed by atoms with van der Waals surface area (Å²) in [5, 5.41) is 11.6. The maximum Gasteiger partial charge on any atom is 0.264 e. The molecule has 2 atom stereocenters. The predicted octanol–water partition coefficient (Wildman–Crippen LogP) is 2.42. The van der Waals surface area contributed by atoms with Gasteiger partial charge >= 0.3 is 0 Å². The van der Waals surface area contributed by atoms with E-state index in [4.69, 9.17) is 4.84 Å². The summed E-state index contributed by atoms with van der Waals surface area (Å²) >= 11 is 0. The molecule has 0 saturated heterocycles. The molecule has 1 aliphatic heterocycles. The molecule has 6 nitrogen and oxygen atoms in total. The van der Waals surface area contributed by atoms with Crippen molar-refractivity contribution in [3.8, 4) is 0 Å². The van der Waals surface area contributed by atoms with Gasteiger partial charge in [0.2, 0.25) is 6.10 Å². The van der Waals surface area contributed by atoms with E-state index >= 15 is 0 Å². The van der Waals surface area contributed by atoms with Gasteiger partial charge < -0.3 is 10.2 Å². The lowest BCUT2D eigenvalue weighted by molar-refractivity contribution is -0.132. The molecule has 1 amide bonds. The van der Waals surface area contributed by atoms with Crippen molar-refractivity contribution in [1.29, 1.82) is 0 Å². The van der Waals surface area contributed by atoms with Crippen molar-refractivity contribution in [3.05, 3.63) is 52.8 Å². The third-order valence-corrected chi connectivity index (χ3v) is 4.97. The molecule has 1 aliphatic carbocycles. The van der Waals surface area contributed by atoms with Gasteiger partial charge in [0.15, 0.2) is 0 Å². The maximum atomic E-state index is 12.7. The number of nitrogens with one attached hydrogen (secondary N) is 1. The number of hydrogen-bond donors (Lipinski definition) is 1. The zero-order valence-electron chi connectivity index (χ0n) is 14.5. The van der Waals surface area contributed by atoms with E-state index in [2.05, 4.69) is 33.8 Å². The molecule has 1 unspecified atom stereocenters. The number of amides is 1. The molecule has 0 radical (unpaired) electrons. The smallest absolute Gasteiger partial charge is 0.264 e. The van der Waals surface area contributed by atoms with Crippen molar-refractivity contribution in [2.75, 3.05) is 0 Å². The molecule has 2 heterocycles. The fourth-order valence-corrected chi connectivity index (χ4v) is 3.73. The van der Waals surface area contributed by atoms with E-state index < -0.39 is 6.10 Å². The van der Waals surface area contributed by atoms with Gasteiger partial charge in [-0.05, 0) is 37.3 Å². The van der Waals surface area contributed by atoms with Crippen LogP contribution < -0.4 is 5.32 Å². The first-order chi connectivity index (χ1) is 12.1. The topological polar surface area (TPSA) is 68.5 Å². The number of fused-ring (bicyclic) bond motifs is 1. The standard InChI is InChI=1S/C19H22N4O2/c1-12-15(11-23(2)21-12)17-10-18(25-22-17)19(24)20-16-9-5-7-13-6-3-4-8-14(13)16/h3-4,6,8,11,16,18H,5,7,9-10H2,1-2H3,(H,20,24)/t16-,18?/m0/s1. The Hall–Kier alpha value is -2.63. The first kappa shape index (κ1) is 15.9. The van der Waals surface area contributed by atoms with E-state index in [9.17, 15) is 4.79 Å². The van der Waals surface area contributed by atoms with Crippen molar-refractivity contribution in [2.45, 2.75) is 44.8 Å². The highest BCUT2D eigenvalue weighted by Gasteiger charge is 2.32. The Kier molecular flexibility index (Phi) is 4.03. The van der Waals surface area contributed by atoms with Crippen LogP contribution in [0.4, 0.5) is 0 Å². The van der Waals surface area contributed by atoms with Gasteiger partial charge in [0.25, 0.3) is 5.91 Å². The van der Waals surface area contributed by atoms with Crippen LogP contribution in [0.1, 0.15) is 47.7 Å². The minimum Gasteiger partial charge on any atom is -0.382 e. The van der Waals surface area contributed by atoms with E-state index in [1.807, 2.05) is 26.2 Å². The lowest BCUT2D eigenvalue weighted by Crippen LogP contribution is -2.38. The number of hydrogen-bond acceptors (Lipinski definition) is 4. The molecule has 1 aromatic heterocycles. The molecular formula is C19H22N4O2. The molecule has 0 bridgehead atoms. The highest BCUT2D eigenvalue weighted by atomic mass is 16.6. The summed E-state index contributed by atoms with van der Waals surface area (Å²) in [5.74, 6) is -0.0954. The maximum absolute atomic E-state index is 12.7. The Bertz CT molecular complexity index is 840. The fourth-order valence-electron chi connectivity index (χ4n) is 3.73. The largest absolute Gasteiger partial charge is 0.382 e. The molecule has 130 valence electrons. The Morgan fingerprint density at radius 2 is 2.20 bits per heavy atom. The summed E-state index contributed by atoms with van der Waals surface area (Å²) in [4.78, 5) is 18.1. The Balaban J connectivity index is 1.43. The monoisotopic (exact) mass is 338 g/mol. The molecular weight excluding hydrogens is 316 g/mol. The van der Waals surface area contributed by atoms with Gasteiger partial charge in [0.05, 0.1) is 17.4 Å². The van der Waals surface area contributed by atoms with Gasteiger partial charge in [0.1, 0.15) is 0 Å². The molecule has 1 aromatic carbocycles. The lowest BCUT2D eigenvalue weighted by atomic mass is 9.87. The van der Waals surface area contributed by atoms with Gasteiger partial charge in [-0.2, -0.15) is 5.10 Å².